The smallest absolute Gasteiger partial charge is 0.271 e. The Morgan fingerprint density at radius 2 is 1.61 bits per heavy atom. The highest BCUT2D eigenvalue weighted by atomic mass is 16.5. The minimum absolute atomic E-state index is 0.291. The van der Waals surface area contributed by atoms with Gasteiger partial charge in [-0.15, -0.1) is 0 Å². The van der Waals surface area contributed by atoms with Crippen molar-refractivity contribution in [3.63, 3.8) is 0 Å². The minimum atomic E-state index is -0.480. The predicted molar refractivity (Wildman–Crippen MR) is 104 cm³/mol. The number of benzene rings is 2. The first-order valence-corrected chi connectivity index (χ1v) is 8.56. The molecule has 28 heavy (non-hydrogen) atoms. The molecule has 2 heterocycles. The van der Waals surface area contributed by atoms with Gasteiger partial charge in [0.1, 0.15) is 5.75 Å². The number of fused-ring (bicyclic) bond motifs is 1. The highest BCUT2D eigenvalue weighted by molar-refractivity contribution is 6.07. The Morgan fingerprint density at radius 1 is 0.857 bits per heavy atom. The summed E-state index contributed by atoms with van der Waals surface area (Å²) in [5.41, 5.74) is 6.38. The van der Waals surface area contributed by atoms with E-state index in [0.29, 0.717) is 22.8 Å². The van der Waals surface area contributed by atoms with E-state index in [1.165, 1.54) is 6.20 Å². The summed E-state index contributed by atoms with van der Waals surface area (Å²) in [6.07, 6.45) is 2.98. The van der Waals surface area contributed by atoms with Gasteiger partial charge in [0.25, 0.3) is 11.8 Å². The van der Waals surface area contributed by atoms with E-state index in [1.54, 1.807) is 18.3 Å². The molecular weight excluding hydrogens is 356 g/mol. The van der Waals surface area contributed by atoms with Crippen molar-refractivity contribution < 1.29 is 14.3 Å². The van der Waals surface area contributed by atoms with Crippen molar-refractivity contribution in [2.45, 2.75) is 0 Å². The van der Waals surface area contributed by atoms with E-state index in [2.05, 4.69) is 20.8 Å². The Bertz CT molecular complexity index is 1120. The second kappa shape index (κ2) is 7.63. The fourth-order valence-corrected chi connectivity index (χ4v) is 2.70. The topological polar surface area (TPSA) is 96.1 Å². The predicted octanol–water partition coefficient (Wildman–Crippen LogP) is 3.43. The van der Waals surface area contributed by atoms with Gasteiger partial charge in [-0.2, -0.15) is 0 Å². The van der Waals surface area contributed by atoms with Crippen LogP contribution >= 0.6 is 0 Å². The number of aromatic nitrogens is 2. The molecule has 0 saturated heterocycles. The number of nitrogens with zero attached hydrogens (tertiary/aromatic N) is 1. The maximum atomic E-state index is 12.3. The second-order valence-corrected chi connectivity index (χ2v) is 5.96. The fraction of sp³-hybridized carbons (Fsp3) is 0. The van der Waals surface area contributed by atoms with Crippen LogP contribution in [0.2, 0.25) is 0 Å². The molecule has 3 N–H and O–H groups in total. The number of para-hydroxylation sites is 2. The number of carbonyl (C=O) groups excluding carboxylic acids is 2. The number of ether oxygens (including phenoxy) is 1. The summed E-state index contributed by atoms with van der Waals surface area (Å²) in [6.45, 7) is 0. The number of carbonyl (C=O) groups is 2. The zero-order valence-corrected chi connectivity index (χ0v) is 14.7. The van der Waals surface area contributed by atoms with E-state index < -0.39 is 11.8 Å². The molecule has 0 atom stereocenters. The number of hydrogen-bond donors (Lipinski definition) is 3. The molecule has 0 aliphatic carbocycles. The quantitative estimate of drug-likeness (QED) is 0.478. The number of hydrogen-bond acceptors (Lipinski definition) is 4. The van der Waals surface area contributed by atoms with E-state index in [9.17, 15) is 9.59 Å². The Morgan fingerprint density at radius 3 is 2.39 bits per heavy atom. The van der Waals surface area contributed by atoms with Gasteiger partial charge < -0.3 is 9.72 Å². The Balaban J connectivity index is 1.37. The summed E-state index contributed by atoms with van der Waals surface area (Å²) >= 11 is 0. The largest absolute Gasteiger partial charge is 0.439 e. The number of amides is 2. The summed E-state index contributed by atoms with van der Waals surface area (Å²) in [4.78, 5) is 31.7. The highest BCUT2D eigenvalue weighted by Gasteiger charge is 2.13. The summed E-state index contributed by atoms with van der Waals surface area (Å²) in [6, 6.07) is 19.8. The third-order valence-corrected chi connectivity index (χ3v) is 4.09. The van der Waals surface area contributed by atoms with Crippen LogP contribution in [0, 0.1) is 0 Å². The molecule has 0 radical (unpaired) electrons. The SMILES string of the molecule is O=C(NNC(=O)c1c[nH]c2ccccc12)c1ccc(Oc2ccccc2)nc1. The third kappa shape index (κ3) is 3.68. The standard InChI is InChI=1S/C21H16N4O3/c26-20(14-10-11-19(23-12-14)28-15-6-2-1-3-7-15)24-25-21(27)17-13-22-18-9-5-4-8-16(17)18/h1-13,22H,(H,24,26)(H,25,27). The molecule has 4 rings (SSSR count). The van der Waals surface area contributed by atoms with Gasteiger partial charge in [0, 0.05) is 29.4 Å². The molecule has 2 aromatic heterocycles. The van der Waals surface area contributed by atoms with E-state index in [1.807, 2.05) is 54.6 Å². The third-order valence-electron chi connectivity index (χ3n) is 4.09. The van der Waals surface area contributed by atoms with Gasteiger partial charge in [-0.3, -0.25) is 20.4 Å². The van der Waals surface area contributed by atoms with Gasteiger partial charge in [-0.05, 0) is 24.3 Å². The van der Waals surface area contributed by atoms with E-state index in [4.69, 9.17) is 4.74 Å². The minimum Gasteiger partial charge on any atom is -0.439 e. The van der Waals surface area contributed by atoms with Crippen molar-refractivity contribution in [1.82, 2.24) is 20.8 Å². The van der Waals surface area contributed by atoms with Crippen LogP contribution in [0.4, 0.5) is 0 Å². The Labute approximate surface area is 160 Å². The molecule has 138 valence electrons. The van der Waals surface area contributed by atoms with Crippen molar-refractivity contribution in [1.29, 1.82) is 0 Å². The lowest BCUT2D eigenvalue weighted by Crippen LogP contribution is -2.41. The van der Waals surface area contributed by atoms with Crippen molar-refractivity contribution in [3.8, 4) is 11.6 Å². The molecule has 7 heteroatoms. The monoisotopic (exact) mass is 372 g/mol. The first-order valence-electron chi connectivity index (χ1n) is 8.56. The van der Waals surface area contributed by atoms with Gasteiger partial charge in [0.05, 0.1) is 11.1 Å². The molecule has 0 spiro atoms. The normalized spacial score (nSPS) is 10.4. The second-order valence-electron chi connectivity index (χ2n) is 5.96. The summed E-state index contributed by atoms with van der Waals surface area (Å²) in [5.74, 6) is 0.124. The van der Waals surface area contributed by atoms with Crippen LogP contribution in [-0.2, 0) is 0 Å². The summed E-state index contributed by atoms with van der Waals surface area (Å²) < 4.78 is 5.59. The van der Waals surface area contributed by atoms with Crippen LogP contribution in [0.1, 0.15) is 20.7 Å². The number of hydrazine groups is 1. The molecular formula is C21H16N4O3. The first kappa shape index (κ1) is 17.3. The highest BCUT2D eigenvalue weighted by Crippen LogP contribution is 2.19. The van der Waals surface area contributed by atoms with E-state index in [0.717, 1.165) is 10.9 Å². The number of nitrogens with one attached hydrogen (secondary N) is 3. The molecule has 0 saturated carbocycles. The molecule has 0 aliphatic rings. The van der Waals surface area contributed by atoms with Gasteiger partial charge in [0.15, 0.2) is 0 Å². The number of H-pyrrole nitrogens is 1. The van der Waals surface area contributed by atoms with Crippen molar-refractivity contribution in [3.05, 3.63) is 90.3 Å². The fourth-order valence-electron chi connectivity index (χ4n) is 2.70. The molecule has 4 aromatic rings. The molecule has 0 aliphatic heterocycles. The first-order chi connectivity index (χ1) is 13.7. The lowest BCUT2D eigenvalue weighted by molar-refractivity contribution is 0.0847. The average Bonchev–Trinajstić information content (AvgIpc) is 3.17. The molecule has 0 fully saturated rings. The van der Waals surface area contributed by atoms with Crippen LogP contribution in [0.15, 0.2) is 79.1 Å². The lowest BCUT2D eigenvalue weighted by Gasteiger charge is -2.08. The van der Waals surface area contributed by atoms with Gasteiger partial charge >= 0.3 is 0 Å². The van der Waals surface area contributed by atoms with Crippen molar-refractivity contribution in [2.75, 3.05) is 0 Å². The number of rotatable bonds is 4. The van der Waals surface area contributed by atoms with Crippen LogP contribution < -0.4 is 15.6 Å². The molecule has 2 amide bonds. The number of aromatic amines is 1. The average molecular weight is 372 g/mol. The van der Waals surface area contributed by atoms with Gasteiger partial charge in [-0.25, -0.2) is 4.98 Å². The molecule has 2 aromatic carbocycles. The maximum Gasteiger partial charge on any atom is 0.271 e. The summed E-state index contributed by atoms with van der Waals surface area (Å²) in [5, 5.41) is 0.776. The molecule has 0 unspecified atom stereocenters. The van der Waals surface area contributed by atoms with Crippen molar-refractivity contribution in [2.24, 2.45) is 0 Å². The summed E-state index contributed by atoms with van der Waals surface area (Å²) in [7, 11) is 0. The lowest BCUT2D eigenvalue weighted by atomic mass is 10.2. The molecule has 0 bridgehead atoms. The van der Waals surface area contributed by atoms with E-state index in [-0.39, 0.29) is 0 Å². The Hall–Kier alpha value is -4.13. The maximum absolute atomic E-state index is 12.3. The number of pyridine rings is 1. The Kier molecular flexibility index (Phi) is 4.71. The van der Waals surface area contributed by atoms with Crippen LogP contribution in [0.5, 0.6) is 11.6 Å². The molecule has 7 nitrogen and oxygen atoms in total. The zero-order chi connectivity index (χ0) is 19.3. The zero-order valence-electron chi connectivity index (χ0n) is 14.7. The van der Waals surface area contributed by atoms with Crippen LogP contribution in [0.3, 0.4) is 0 Å². The van der Waals surface area contributed by atoms with Crippen LogP contribution in [0.25, 0.3) is 10.9 Å². The van der Waals surface area contributed by atoms with Crippen LogP contribution in [-0.4, -0.2) is 21.8 Å². The van der Waals surface area contributed by atoms with E-state index >= 15 is 0 Å². The van der Waals surface area contributed by atoms with Crippen molar-refractivity contribution >= 4 is 22.7 Å². The van der Waals surface area contributed by atoms with Gasteiger partial charge in [0.2, 0.25) is 5.88 Å². The van der Waals surface area contributed by atoms with Gasteiger partial charge in [-0.1, -0.05) is 36.4 Å².